The molecular formula is C12H12ClFO3. The number of hydrogen-bond donors (Lipinski definition) is 1. The second-order valence-electron chi connectivity index (χ2n) is 4.18. The monoisotopic (exact) mass is 258 g/mol. The molecule has 5 heteroatoms. The second-order valence-corrected chi connectivity index (χ2v) is 4.58. The van der Waals surface area contributed by atoms with Crippen molar-refractivity contribution >= 4 is 17.6 Å². The van der Waals surface area contributed by atoms with E-state index in [4.69, 9.17) is 21.4 Å². The Bertz CT molecular complexity index is 430. The molecule has 92 valence electrons. The van der Waals surface area contributed by atoms with E-state index in [2.05, 4.69) is 0 Å². The molecule has 2 rings (SSSR count). The van der Waals surface area contributed by atoms with Crippen LogP contribution in [0.3, 0.4) is 0 Å². The lowest BCUT2D eigenvalue weighted by atomic mass is 9.82. The van der Waals surface area contributed by atoms with Gasteiger partial charge in [0.05, 0.1) is 18.6 Å². The van der Waals surface area contributed by atoms with Crippen molar-refractivity contribution in [3.63, 3.8) is 0 Å². The molecule has 1 aliphatic carbocycles. The molecule has 0 heterocycles. The minimum atomic E-state index is -0.773. The van der Waals surface area contributed by atoms with Crippen molar-refractivity contribution in [3.8, 4) is 0 Å². The second kappa shape index (κ2) is 5.02. The molecule has 1 aromatic carbocycles. The first-order chi connectivity index (χ1) is 8.06. The summed E-state index contributed by atoms with van der Waals surface area (Å²) in [4.78, 5) is 10.6. The van der Waals surface area contributed by atoms with Crippen LogP contribution in [0.15, 0.2) is 18.2 Å². The zero-order valence-electron chi connectivity index (χ0n) is 9.03. The zero-order valence-corrected chi connectivity index (χ0v) is 9.78. The largest absolute Gasteiger partial charge is 0.481 e. The van der Waals surface area contributed by atoms with Crippen LogP contribution in [0, 0.1) is 11.7 Å². The Morgan fingerprint density at radius 3 is 2.82 bits per heavy atom. The van der Waals surface area contributed by atoms with E-state index in [1.165, 1.54) is 12.1 Å². The van der Waals surface area contributed by atoms with Crippen molar-refractivity contribution < 1.29 is 19.0 Å². The van der Waals surface area contributed by atoms with Crippen molar-refractivity contribution in [2.75, 3.05) is 0 Å². The van der Waals surface area contributed by atoms with Gasteiger partial charge in [-0.1, -0.05) is 17.7 Å². The molecule has 0 radical (unpaired) electrons. The number of benzene rings is 1. The lowest BCUT2D eigenvalue weighted by molar-refractivity contribution is -0.151. The summed E-state index contributed by atoms with van der Waals surface area (Å²) >= 11 is 5.84. The summed E-state index contributed by atoms with van der Waals surface area (Å²) in [6.07, 6.45) is 1.04. The number of carboxylic acid groups (broad SMARTS) is 1. The van der Waals surface area contributed by atoms with Gasteiger partial charge in [-0.25, -0.2) is 4.39 Å². The van der Waals surface area contributed by atoms with Crippen LogP contribution in [0.1, 0.15) is 18.4 Å². The van der Waals surface area contributed by atoms with E-state index in [1.54, 1.807) is 6.07 Å². The molecule has 17 heavy (non-hydrogen) atoms. The summed E-state index contributed by atoms with van der Waals surface area (Å²) in [5, 5.41) is 9.03. The van der Waals surface area contributed by atoms with Gasteiger partial charge in [-0.15, -0.1) is 0 Å². The van der Waals surface area contributed by atoms with Gasteiger partial charge in [0.15, 0.2) is 0 Å². The maximum Gasteiger partial charge on any atom is 0.306 e. The Kier molecular flexibility index (Phi) is 3.64. The number of carbonyl (C=O) groups is 1. The molecule has 0 bridgehead atoms. The van der Waals surface area contributed by atoms with Gasteiger partial charge >= 0.3 is 5.97 Å². The van der Waals surface area contributed by atoms with E-state index in [9.17, 15) is 9.18 Å². The first-order valence-corrected chi connectivity index (χ1v) is 5.72. The van der Waals surface area contributed by atoms with Crippen LogP contribution in [0.2, 0.25) is 5.02 Å². The molecule has 0 spiro atoms. The molecule has 0 aliphatic heterocycles. The number of aliphatic carboxylic acids is 1. The molecular weight excluding hydrogens is 247 g/mol. The quantitative estimate of drug-likeness (QED) is 0.903. The van der Waals surface area contributed by atoms with Gasteiger partial charge in [0.25, 0.3) is 0 Å². The van der Waals surface area contributed by atoms with Crippen molar-refractivity contribution in [2.24, 2.45) is 5.92 Å². The highest BCUT2D eigenvalue weighted by Crippen LogP contribution is 2.31. The van der Waals surface area contributed by atoms with Crippen LogP contribution in [-0.2, 0) is 16.1 Å². The molecule has 0 atom stereocenters. The van der Waals surface area contributed by atoms with E-state index in [0.29, 0.717) is 23.4 Å². The topological polar surface area (TPSA) is 46.5 Å². The number of halogens is 2. The molecule has 1 saturated carbocycles. The molecule has 0 amide bonds. The Balaban J connectivity index is 1.81. The normalized spacial score (nSPS) is 23.2. The van der Waals surface area contributed by atoms with E-state index in [-0.39, 0.29) is 24.4 Å². The van der Waals surface area contributed by atoms with Crippen molar-refractivity contribution in [1.82, 2.24) is 0 Å². The standard InChI is InChI=1S/C12H12ClFO3/c13-11-5-9(14)2-1-7(11)6-17-10-3-8(4-10)12(15)16/h1-2,5,8,10H,3-4,6H2,(H,15,16). The van der Waals surface area contributed by atoms with Gasteiger partial charge in [0, 0.05) is 5.02 Å². The fourth-order valence-corrected chi connectivity index (χ4v) is 1.97. The van der Waals surface area contributed by atoms with Crippen LogP contribution in [0.25, 0.3) is 0 Å². The van der Waals surface area contributed by atoms with Gasteiger partial charge in [-0.3, -0.25) is 4.79 Å². The summed E-state index contributed by atoms with van der Waals surface area (Å²) in [6.45, 7) is 0.288. The van der Waals surface area contributed by atoms with E-state index in [1.807, 2.05) is 0 Å². The van der Waals surface area contributed by atoms with Crippen molar-refractivity contribution in [3.05, 3.63) is 34.6 Å². The predicted molar refractivity (Wildman–Crippen MR) is 60.3 cm³/mol. The predicted octanol–water partition coefficient (Wildman–Crippen LogP) is 2.86. The molecule has 0 aromatic heterocycles. The maximum atomic E-state index is 12.8. The van der Waals surface area contributed by atoms with Crippen molar-refractivity contribution in [1.29, 1.82) is 0 Å². The summed E-state index contributed by atoms with van der Waals surface area (Å²) in [7, 11) is 0. The fourth-order valence-electron chi connectivity index (χ4n) is 1.75. The van der Waals surface area contributed by atoms with Gasteiger partial charge in [-0.2, -0.15) is 0 Å². The van der Waals surface area contributed by atoms with Gasteiger partial charge in [0.2, 0.25) is 0 Å². The van der Waals surface area contributed by atoms with Gasteiger partial charge in [0.1, 0.15) is 5.82 Å². The Morgan fingerprint density at radius 2 is 2.24 bits per heavy atom. The number of carboxylic acids is 1. The minimum absolute atomic E-state index is 0.0304. The first-order valence-electron chi connectivity index (χ1n) is 5.34. The van der Waals surface area contributed by atoms with Crippen LogP contribution in [0.4, 0.5) is 4.39 Å². The molecule has 0 unspecified atom stereocenters. The molecule has 1 N–H and O–H groups in total. The first kappa shape index (κ1) is 12.3. The average Bonchev–Trinajstić information content (AvgIpc) is 2.17. The zero-order chi connectivity index (χ0) is 12.4. The van der Waals surface area contributed by atoms with E-state index in [0.717, 1.165) is 0 Å². The number of ether oxygens (including phenoxy) is 1. The minimum Gasteiger partial charge on any atom is -0.481 e. The Hall–Kier alpha value is -1.13. The molecule has 3 nitrogen and oxygen atoms in total. The molecule has 1 aliphatic rings. The Morgan fingerprint density at radius 1 is 1.53 bits per heavy atom. The lowest BCUT2D eigenvalue weighted by Crippen LogP contribution is -2.36. The highest BCUT2D eigenvalue weighted by molar-refractivity contribution is 6.31. The SMILES string of the molecule is O=C(O)C1CC(OCc2ccc(F)cc2Cl)C1. The highest BCUT2D eigenvalue weighted by atomic mass is 35.5. The summed E-state index contributed by atoms with van der Waals surface area (Å²) in [5.41, 5.74) is 0.715. The van der Waals surface area contributed by atoms with E-state index >= 15 is 0 Å². The fraction of sp³-hybridized carbons (Fsp3) is 0.417. The van der Waals surface area contributed by atoms with Gasteiger partial charge < -0.3 is 9.84 Å². The van der Waals surface area contributed by atoms with Crippen LogP contribution < -0.4 is 0 Å². The number of rotatable bonds is 4. The maximum absolute atomic E-state index is 12.8. The van der Waals surface area contributed by atoms with Gasteiger partial charge in [-0.05, 0) is 30.5 Å². The third-order valence-corrected chi connectivity index (χ3v) is 3.29. The Labute approximate surface area is 103 Å². The third kappa shape index (κ3) is 2.96. The molecule has 0 saturated heterocycles. The molecule has 1 aromatic rings. The summed E-state index contributed by atoms with van der Waals surface area (Å²) in [6, 6.07) is 4.14. The number of hydrogen-bond acceptors (Lipinski definition) is 2. The average molecular weight is 259 g/mol. The summed E-state index contributed by atoms with van der Waals surface area (Å²) < 4.78 is 18.3. The summed E-state index contributed by atoms with van der Waals surface area (Å²) in [5.74, 6) is -1.44. The van der Waals surface area contributed by atoms with Crippen LogP contribution in [-0.4, -0.2) is 17.2 Å². The van der Waals surface area contributed by atoms with E-state index < -0.39 is 5.97 Å². The highest BCUT2D eigenvalue weighted by Gasteiger charge is 2.35. The van der Waals surface area contributed by atoms with Crippen molar-refractivity contribution in [2.45, 2.75) is 25.6 Å². The molecule has 1 fully saturated rings. The van der Waals surface area contributed by atoms with Crippen LogP contribution in [0.5, 0.6) is 0 Å². The third-order valence-electron chi connectivity index (χ3n) is 2.93. The lowest BCUT2D eigenvalue weighted by Gasteiger charge is -2.32. The van der Waals surface area contributed by atoms with Crippen LogP contribution >= 0.6 is 11.6 Å². The smallest absolute Gasteiger partial charge is 0.306 e.